The lowest BCUT2D eigenvalue weighted by Crippen LogP contribution is -2.27. The third kappa shape index (κ3) is 4.95. The minimum Gasteiger partial charge on any atom is -0.495 e. The molecular formula is C24H26N2O4S. The van der Waals surface area contributed by atoms with Gasteiger partial charge in [0.2, 0.25) is 10.0 Å². The SMILES string of the molecule is COc1ccc(C(=O)Nc2cccc(C)c2C)cc1S(=O)(=O)N(C)Cc1ccccc1. The topological polar surface area (TPSA) is 75.7 Å². The molecule has 0 atom stereocenters. The van der Waals surface area contributed by atoms with E-state index in [0.717, 1.165) is 16.7 Å². The van der Waals surface area contributed by atoms with E-state index in [1.165, 1.54) is 30.6 Å². The number of benzene rings is 3. The van der Waals surface area contributed by atoms with E-state index in [2.05, 4.69) is 5.32 Å². The summed E-state index contributed by atoms with van der Waals surface area (Å²) in [7, 11) is -0.987. The Morgan fingerprint density at radius 3 is 2.39 bits per heavy atom. The van der Waals surface area contributed by atoms with Gasteiger partial charge in [-0.05, 0) is 54.8 Å². The van der Waals surface area contributed by atoms with Gasteiger partial charge in [-0.3, -0.25) is 4.79 Å². The predicted octanol–water partition coefficient (Wildman–Crippen LogP) is 4.39. The van der Waals surface area contributed by atoms with Gasteiger partial charge in [0.25, 0.3) is 5.91 Å². The minimum atomic E-state index is -3.90. The van der Waals surface area contributed by atoms with Crippen LogP contribution in [0.1, 0.15) is 27.0 Å². The summed E-state index contributed by atoms with van der Waals surface area (Å²) in [5.74, 6) is -0.207. The molecule has 1 N–H and O–H groups in total. The smallest absolute Gasteiger partial charge is 0.255 e. The molecule has 0 heterocycles. The Morgan fingerprint density at radius 1 is 1.00 bits per heavy atom. The van der Waals surface area contributed by atoms with Crippen molar-refractivity contribution in [2.24, 2.45) is 0 Å². The molecule has 0 saturated heterocycles. The van der Waals surface area contributed by atoms with E-state index in [4.69, 9.17) is 4.74 Å². The number of aryl methyl sites for hydroxylation is 1. The fourth-order valence-electron chi connectivity index (χ4n) is 3.19. The van der Waals surface area contributed by atoms with Gasteiger partial charge in [-0.1, -0.05) is 42.5 Å². The number of hydrogen-bond acceptors (Lipinski definition) is 4. The van der Waals surface area contributed by atoms with Crippen LogP contribution in [0.5, 0.6) is 5.75 Å². The van der Waals surface area contributed by atoms with Gasteiger partial charge < -0.3 is 10.1 Å². The van der Waals surface area contributed by atoms with Gasteiger partial charge in [-0.25, -0.2) is 8.42 Å². The third-order valence-corrected chi connectivity index (χ3v) is 7.04. The van der Waals surface area contributed by atoms with Gasteiger partial charge in [-0.2, -0.15) is 4.31 Å². The molecule has 0 aliphatic carbocycles. The fourth-order valence-corrected chi connectivity index (χ4v) is 4.53. The van der Waals surface area contributed by atoms with Crippen molar-refractivity contribution in [3.8, 4) is 5.75 Å². The molecule has 0 radical (unpaired) electrons. The van der Waals surface area contributed by atoms with Crippen LogP contribution in [0.25, 0.3) is 0 Å². The van der Waals surface area contributed by atoms with Crippen molar-refractivity contribution in [1.82, 2.24) is 4.31 Å². The van der Waals surface area contributed by atoms with Gasteiger partial charge >= 0.3 is 0 Å². The van der Waals surface area contributed by atoms with E-state index in [1.807, 2.05) is 62.4 Å². The fraction of sp³-hybridized carbons (Fsp3) is 0.208. The number of nitrogens with one attached hydrogen (secondary N) is 1. The lowest BCUT2D eigenvalue weighted by molar-refractivity contribution is 0.102. The highest BCUT2D eigenvalue weighted by Gasteiger charge is 2.26. The maximum atomic E-state index is 13.3. The molecule has 31 heavy (non-hydrogen) atoms. The third-order valence-electron chi connectivity index (χ3n) is 5.21. The number of carbonyl (C=O) groups excluding carboxylic acids is 1. The average Bonchev–Trinajstić information content (AvgIpc) is 2.77. The Labute approximate surface area is 183 Å². The second kappa shape index (κ2) is 9.32. The Morgan fingerprint density at radius 2 is 1.71 bits per heavy atom. The maximum absolute atomic E-state index is 13.3. The van der Waals surface area contributed by atoms with Gasteiger partial charge in [-0.15, -0.1) is 0 Å². The summed E-state index contributed by atoms with van der Waals surface area (Å²) >= 11 is 0. The van der Waals surface area contributed by atoms with Crippen LogP contribution < -0.4 is 10.1 Å². The van der Waals surface area contributed by atoms with Crippen molar-refractivity contribution in [1.29, 1.82) is 0 Å². The Balaban J connectivity index is 1.92. The molecule has 0 aliphatic heterocycles. The molecule has 3 rings (SSSR count). The maximum Gasteiger partial charge on any atom is 0.255 e. The Hall–Kier alpha value is -3.16. The minimum absolute atomic E-state index is 0.0537. The highest BCUT2D eigenvalue weighted by atomic mass is 32.2. The molecule has 0 aromatic heterocycles. The predicted molar refractivity (Wildman–Crippen MR) is 122 cm³/mol. The summed E-state index contributed by atoms with van der Waals surface area (Å²) in [6.45, 7) is 4.09. The number of methoxy groups -OCH3 is 1. The van der Waals surface area contributed by atoms with Crippen LogP contribution in [-0.4, -0.2) is 32.8 Å². The molecule has 6 nitrogen and oxygen atoms in total. The molecule has 0 unspecified atom stereocenters. The second-order valence-corrected chi connectivity index (χ2v) is 9.33. The summed E-state index contributed by atoms with van der Waals surface area (Å²) < 4.78 is 33.0. The molecule has 0 bridgehead atoms. The van der Waals surface area contributed by atoms with E-state index in [0.29, 0.717) is 5.69 Å². The Bertz CT molecular complexity index is 1190. The van der Waals surface area contributed by atoms with Crippen LogP contribution >= 0.6 is 0 Å². The van der Waals surface area contributed by atoms with Crippen molar-refractivity contribution in [2.45, 2.75) is 25.3 Å². The first-order valence-corrected chi connectivity index (χ1v) is 11.2. The molecule has 0 fully saturated rings. The van der Waals surface area contributed by atoms with Crippen LogP contribution in [-0.2, 0) is 16.6 Å². The molecule has 3 aromatic carbocycles. The summed E-state index contributed by atoms with van der Waals surface area (Å²) in [4.78, 5) is 12.8. The van der Waals surface area contributed by atoms with Crippen molar-refractivity contribution in [3.05, 3.63) is 89.0 Å². The van der Waals surface area contributed by atoms with Crippen LogP contribution in [0.4, 0.5) is 5.69 Å². The number of hydrogen-bond donors (Lipinski definition) is 1. The van der Waals surface area contributed by atoms with Gasteiger partial charge in [0.05, 0.1) is 7.11 Å². The van der Waals surface area contributed by atoms with E-state index in [1.54, 1.807) is 6.07 Å². The van der Waals surface area contributed by atoms with Crippen molar-refractivity contribution < 1.29 is 17.9 Å². The van der Waals surface area contributed by atoms with Crippen LogP contribution in [0.3, 0.4) is 0 Å². The van der Waals surface area contributed by atoms with E-state index >= 15 is 0 Å². The first kappa shape index (κ1) is 22.5. The lowest BCUT2D eigenvalue weighted by Gasteiger charge is -2.19. The van der Waals surface area contributed by atoms with Crippen LogP contribution in [0, 0.1) is 13.8 Å². The largest absolute Gasteiger partial charge is 0.495 e. The zero-order valence-corrected chi connectivity index (χ0v) is 18.9. The van der Waals surface area contributed by atoms with Crippen LogP contribution in [0.2, 0.25) is 0 Å². The molecule has 0 saturated carbocycles. The van der Waals surface area contributed by atoms with Crippen molar-refractivity contribution in [2.75, 3.05) is 19.5 Å². The van der Waals surface area contributed by atoms with Crippen molar-refractivity contribution >= 4 is 21.6 Å². The molecule has 3 aromatic rings. The average molecular weight is 439 g/mol. The number of rotatable bonds is 7. The molecule has 0 aliphatic rings. The molecule has 0 spiro atoms. The molecular weight excluding hydrogens is 412 g/mol. The zero-order valence-electron chi connectivity index (χ0n) is 18.0. The van der Waals surface area contributed by atoms with Crippen molar-refractivity contribution in [3.63, 3.8) is 0 Å². The summed E-state index contributed by atoms with van der Waals surface area (Å²) in [5.41, 5.74) is 3.79. The standard InChI is InChI=1S/C24H26N2O4S/c1-17-9-8-12-21(18(17)2)25-24(27)20-13-14-22(30-4)23(15-20)31(28,29)26(3)16-19-10-6-5-7-11-19/h5-15H,16H2,1-4H3,(H,25,27). The molecule has 1 amide bonds. The highest BCUT2D eigenvalue weighted by Crippen LogP contribution is 2.29. The zero-order chi connectivity index (χ0) is 22.6. The summed E-state index contributed by atoms with van der Waals surface area (Å²) in [6.07, 6.45) is 0. The quantitative estimate of drug-likeness (QED) is 0.594. The molecule has 7 heteroatoms. The number of ether oxygens (including phenoxy) is 1. The van der Waals surface area contributed by atoms with Gasteiger partial charge in [0.15, 0.2) is 0 Å². The highest BCUT2D eigenvalue weighted by molar-refractivity contribution is 7.89. The van der Waals surface area contributed by atoms with Gasteiger partial charge in [0.1, 0.15) is 10.6 Å². The number of anilines is 1. The number of nitrogens with zero attached hydrogens (tertiary/aromatic N) is 1. The number of sulfonamides is 1. The first-order valence-electron chi connectivity index (χ1n) is 9.80. The van der Waals surface area contributed by atoms with E-state index in [-0.39, 0.29) is 22.8 Å². The van der Waals surface area contributed by atoms with Gasteiger partial charge in [0, 0.05) is 24.8 Å². The lowest BCUT2D eigenvalue weighted by atomic mass is 10.1. The summed E-state index contributed by atoms with van der Waals surface area (Å²) in [5, 5.41) is 2.86. The Kier molecular flexibility index (Phi) is 6.77. The van der Waals surface area contributed by atoms with E-state index in [9.17, 15) is 13.2 Å². The normalized spacial score (nSPS) is 11.4. The monoisotopic (exact) mass is 438 g/mol. The first-order chi connectivity index (χ1) is 14.7. The van der Waals surface area contributed by atoms with Crippen LogP contribution in [0.15, 0.2) is 71.6 Å². The number of amides is 1. The molecule has 162 valence electrons. The second-order valence-electron chi connectivity index (χ2n) is 7.31. The summed E-state index contributed by atoms with van der Waals surface area (Å²) in [6, 6.07) is 19.4. The van der Waals surface area contributed by atoms with E-state index < -0.39 is 15.9 Å². The number of carbonyl (C=O) groups is 1.